The van der Waals surface area contributed by atoms with Crippen LogP contribution in [0, 0.1) is 5.41 Å². The maximum absolute atomic E-state index is 11.8. The Labute approximate surface area is 107 Å². The predicted octanol–water partition coefficient (Wildman–Crippen LogP) is 2.69. The minimum atomic E-state index is -0.584. The standard InChI is InChI=1S/C11H15ClN2O.ClH/c1-11(2,7-13)10(15)14-9-6-4-3-5-8(9)12;/h3-6H,7,13H2,1-2H3,(H,14,15);1H. The van der Waals surface area contributed by atoms with Crippen molar-refractivity contribution in [1.82, 2.24) is 0 Å². The number of anilines is 1. The number of benzene rings is 1. The van der Waals surface area contributed by atoms with E-state index in [-0.39, 0.29) is 18.3 Å². The van der Waals surface area contributed by atoms with E-state index in [1.807, 2.05) is 12.1 Å². The molecule has 3 N–H and O–H groups in total. The third kappa shape index (κ3) is 3.67. The van der Waals surface area contributed by atoms with Gasteiger partial charge in [0, 0.05) is 6.54 Å². The number of hydrogen-bond acceptors (Lipinski definition) is 2. The molecule has 1 amide bonds. The molecule has 0 fully saturated rings. The molecular weight excluding hydrogens is 247 g/mol. The summed E-state index contributed by atoms with van der Waals surface area (Å²) in [5.74, 6) is -0.127. The van der Waals surface area contributed by atoms with Crippen molar-refractivity contribution in [2.75, 3.05) is 11.9 Å². The number of nitrogens with two attached hydrogens (primary N) is 1. The summed E-state index contributed by atoms with van der Waals surface area (Å²) in [6.45, 7) is 3.88. The van der Waals surface area contributed by atoms with Crippen molar-refractivity contribution in [2.45, 2.75) is 13.8 Å². The van der Waals surface area contributed by atoms with Gasteiger partial charge in [0.05, 0.1) is 16.1 Å². The van der Waals surface area contributed by atoms with Crippen LogP contribution in [0.4, 0.5) is 5.69 Å². The molecule has 0 heterocycles. The average molecular weight is 263 g/mol. The van der Waals surface area contributed by atoms with Crippen LogP contribution in [0.1, 0.15) is 13.8 Å². The number of para-hydroxylation sites is 1. The highest BCUT2D eigenvalue weighted by Crippen LogP contribution is 2.23. The third-order valence-electron chi connectivity index (χ3n) is 2.25. The molecule has 0 saturated heterocycles. The Bertz CT molecular complexity index is 367. The highest BCUT2D eigenvalue weighted by Gasteiger charge is 2.26. The van der Waals surface area contributed by atoms with Gasteiger partial charge < -0.3 is 11.1 Å². The van der Waals surface area contributed by atoms with E-state index in [1.54, 1.807) is 26.0 Å². The van der Waals surface area contributed by atoms with Gasteiger partial charge in [-0.3, -0.25) is 4.79 Å². The Morgan fingerprint density at radius 2 is 2.00 bits per heavy atom. The van der Waals surface area contributed by atoms with Crippen LogP contribution < -0.4 is 11.1 Å². The Morgan fingerprint density at radius 3 is 2.50 bits per heavy atom. The molecule has 0 radical (unpaired) electrons. The van der Waals surface area contributed by atoms with E-state index in [0.29, 0.717) is 17.3 Å². The summed E-state index contributed by atoms with van der Waals surface area (Å²) < 4.78 is 0. The van der Waals surface area contributed by atoms with Crippen molar-refractivity contribution >= 4 is 35.6 Å². The molecule has 0 atom stereocenters. The van der Waals surface area contributed by atoms with Gasteiger partial charge in [-0.05, 0) is 26.0 Å². The van der Waals surface area contributed by atoms with Crippen LogP contribution in [0.2, 0.25) is 5.02 Å². The fourth-order valence-corrected chi connectivity index (χ4v) is 1.13. The van der Waals surface area contributed by atoms with E-state index < -0.39 is 5.41 Å². The molecule has 0 spiro atoms. The van der Waals surface area contributed by atoms with Gasteiger partial charge in [-0.2, -0.15) is 0 Å². The zero-order valence-electron chi connectivity index (χ0n) is 9.29. The molecule has 1 aromatic rings. The minimum absolute atomic E-state index is 0. The van der Waals surface area contributed by atoms with E-state index in [1.165, 1.54) is 0 Å². The van der Waals surface area contributed by atoms with Crippen molar-refractivity contribution < 1.29 is 4.79 Å². The fraction of sp³-hybridized carbons (Fsp3) is 0.364. The van der Waals surface area contributed by atoms with Crippen LogP contribution in [0.3, 0.4) is 0 Å². The number of rotatable bonds is 3. The average Bonchev–Trinajstić information content (AvgIpc) is 2.21. The first-order valence-electron chi connectivity index (χ1n) is 4.73. The van der Waals surface area contributed by atoms with Gasteiger partial charge in [0.15, 0.2) is 0 Å². The van der Waals surface area contributed by atoms with Crippen LogP contribution in [0.5, 0.6) is 0 Å². The number of carbonyl (C=O) groups excluding carboxylic acids is 1. The molecule has 0 unspecified atom stereocenters. The summed E-state index contributed by atoms with van der Waals surface area (Å²) in [5, 5.41) is 3.28. The van der Waals surface area contributed by atoms with E-state index >= 15 is 0 Å². The van der Waals surface area contributed by atoms with Crippen LogP contribution in [-0.2, 0) is 4.79 Å². The highest BCUT2D eigenvalue weighted by atomic mass is 35.5. The number of hydrogen-bond donors (Lipinski definition) is 2. The van der Waals surface area contributed by atoms with Crippen molar-refractivity contribution in [1.29, 1.82) is 0 Å². The van der Waals surface area contributed by atoms with Crippen LogP contribution in [0.15, 0.2) is 24.3 Å². The molecule has 0 saturated carbocycles. The summed E-state index contributed by atoms with van der Waals surface area (Å²) in [5.41, 5.74) is 5.54. The van der Waals surface area contributed by atoms with Gasteiger partial charge in [-0.25, -0.2) is 0 Å². The normalized spacial score (nSPS) is 10.5. The lowest BCUT2D eigenvalue weighted by Crippen LogP contribution is -2.37. The number of amides is 1. The van der Waals surface area contributed by atoms with Gasteiger partial charge >= 0.3 is 0 Å². The lowest BCUT2D eigenvalue weighted by Gasteiger charge is -2.21. The van der Waals surface area contributed by atoms with E-state index in [4.69, 9.17) is 17.3 Å². The largest absolute Gasteiger partial charge is 0.329 e. The van der Waals surface area contributed by atoms with Gasteiger partial charge in [-0.1, -0.05) is 23.7 Å². The first-order chi connectivity index (χ1) is 6.97. The van der Waals surface area contributed by atoms with Crippen LogP contribution in [-0.4, -0.2) is 12.5 Å². The van der Waals surface area contributed by atoms with Gasteiger partial charge in [0.1, 0.15) is 0 Å². The number of nitrogens with one attached hydrogen (secondary N) is 1. The Morgan fingerprint density at radius 1 is 1.44 bits per heavy atom. The first kappa shape index (κ1) is 15.2. The molecule has 0 aliphatic carbocycles. The maximum atomic E-state index is 11.8. The quantitative estimate of drug-likeness (QED) is 0.880. The summed E-state index contributed by atoms with van der Waals surface area (Å²) in [7, 11) is 0. The van der Waals surface area contributed by atoms with Gasteiger partial charge in [-0.15, -0.1) is 12.4 Å². The molecule has 0 bridgehead atoms. The van der Waals surface area contributed by atoms with Crippen molar-refractivity contribution in [3.05, 3.63) is 29.3 Å². The lowest BCUT2D eigenvalue weighted by atomic mass is 9.92. The number of carbonyl (C=O) groups is 1. The number of halogens is 2. The minimum Gasteiger partial charge on any atom is -0.329 e. The van der Waals surface area contributed by atoms with E-state index in [0.717, 1.165) is 0 Å². The van der Waals surface area contributed by atoms with Crippen molar-refractivity contribution in [3.8, 4) is 0 Å². The van der Waals surface area contributed by atoms with Crippen LogP contribution >= 0.6 is 24.0 Å². The molecule has 0 aliphatic rings. The fourth-order valence-electron chi connectivity index (χ4n) is 0.947. The molecular formula is C11H16Cl2N2O. The molecule has 3 nitrogen and oxygen atoms in total. The van der Waals surface area contributed by atoms with Crippen molar-refractivity contribution in [3.63, 3.8) is 0 Å². The lowest BCUT2D eigenvalue weighted by molar-refractivity contribution is -0.123. The molecule has 1 rings (SSSR count). The third-order valence-corrected chi connectivity index (χ3v) is 2.58. The summed E-state index contributed by atoms with van der Waals surface area (Å²) >= 11 is 5.92. The summed E-state index contributed by atoms with van der Waals surface area (Å²) in [4.78, 5) is 11.8. The molecule has 16 heavy (non-hydrogen) atoms. The zero-order valence-corrected chi connectivity index (χ0v) is 10.9. The molecule has 0 aliphatic heterocycles. The Balaban J connectivity index is 0.00000225. The highest BCUT2D eigenvalue weighted by molar-refractivity contribution is 6.33. The summed E-state index contributed by atoms with van der Waals surface area (Å²) in [6, 6.07) is 7.11. The topological polar surface area (TPSA) is 55.1 Å². The molecule has 0 aromatic heterocycles. The maximum Gasteiger partial charge on any atom is 0.231 e. The SMILES string of the molecule is CC(C)(CN)C(=O)Nc1ccccc1Cl.Cl. The van der Waals surface area contributed by atoms with E-state index in [2.05, 4.69) is 5.32 Å². The zero-order chi connectivity index (χ0) is 11.5. The first-order valence-corrected chi connectivity index (χ1v) is 5.11. The second-order valence-corrected chi connectivity index (χ2v) is 4.43. The predicted molar refractivity (Wildman–Crippen MR) is 70.2 cm³/mol. The van der Waals surface area contributed by atoms with E-state index in [9.17, 15) is 4.79 Å². The van der Waals surface area contributed by atoms with Crippen molar-refractivity contribution in [2.24, 2.45) is 11.1 Å². The van der Waals surface area contributed by atoms with Crippen LogP contribution in [0.25, 0.3) is 0 Å². The summed E-state index contributed by atoms with van der Waals surface area (Å²) in [6.07, 6.45) is 0. The second kappa shape index (κ2) is 6.09. The Kier molecular flexibility index (Phi) is 5.79. The molecule has 5 heteroatoms. The smallest absolute Gasteiger partial charge is 0.231 e. The molecule has 1 aromatic carbocycles. The Hall–Kier alpha value is -0.770. The second-order valence-electron chi connectivity index (χ2n) is 4.02. The van der Waals surface area contributed by atoms with Gasteiger partial charge in [0.2, 0.25) is 5.91 Å². The monoisotopic (exact) mass is 262 g/mol. The molecule has 90 valence electrons. The van der Waals surface area contributed by atoms with Gasteiger partial charge in [0.25, 0.3) is 0 Å².